The van der Waals surface area contributed by atoms with Crippen LogP contribution in [0.25, 0.3) is 11.0 Å². The highest BCUT2D eigenvalue weighted by Gasteiger charge is 2.44. The second-order valence-electron chi connectivity index (χ2n) is 10.2. The van der Waals surface area contributed by atoms with Gasteiger partial charge in [-0.3, -0.25) is 4.79 Å². The van der Waals surface area contributed by atoms with Crippen molar-refractivity contribution >= 4 is 16.9 Å². The minimum absolute atomic E-state index is 0.0390. The largest absolute Gasteiger partial charge is 0.492 e. The van der Waals surface area contributed by atoms with Gasteiger partial charge >= 0.3 is 0 Å². The number of carbonyl (C=O) groups excluding carboxylic acids is 1. The Morgan fingerprint density at radius 3 is 2.65 bits per heavy atom. The van der Waals surface area contributed by atoms with Crippen molar-refractivity contribution in [3.8, 4) is 11.8 Å². The molecule has 168 valence electrons. The van der Waals surface area contributed by atoms with Crippen molar-refractivity contribution in [2.45, 2.75) is 78.3 Å². The molecule has 0 radical (unpaired) electrons. The quantitative estimate of drug-likeness (QED) is 0.731. The van der Waals surface area contributed by atoms with Crippen LogP contribution in [0.4, 0.5) is 4.39 Å². The molecule has 2 aromatic rings. The molecule has 3 heterocycles. The van der Waals surface area contributed by atoms with E-state index >= 15 is 4.39 Å². The lowest BCUT2D eigenvalue weighted by Crippen LogP contribution is -2.56. The number of methoxy groups -OCH3 is 1. The van der Waals surface area contributed by atoms with Crippen LogP contribution in [-0.4, -0.2) is 40.0 Å². The second kappa shape index (κ2) is 8.14. The summed E-state index contributed by atoms with van der Waals surface area (Å²) < 4.78 is 20.2. The number of likely N-dealkylation sites (tertiary alicyclic amines) is 1. The lowest BCUT2D eigenvalue weighted by atomic mass is 9.76. The number of aromatic amines is 1. The van der Waals surface area contributed by atoms with Crippen LogP contribution < -0.4 is 4.74 Å². The monoisotopic (exact) mass is 428 g/mol. The van der Waals surface area contributed by atoms with E-state index in [0.29, 0.717) is 23.5 Å². The molecule has 1 fully saturated rings. The average Bonchev–Trinajstić information content (AvgIpc) is 3.13. The Labute approximate surface area is 183 Å². The number of halogens is 1. The molecule has 0 spiro atoms. The van der Waals surface area contributed by atoms with E-state index in [2.05, 4.69) is 29.9 Å². The number of fused-ring (bicyclic) bond motifs is 1. The minimum Gasteiger partial charge on any atom is -0.492 e. The Kier molecular flexibility index (Phi) is 6.05. The lowest BCUT2D eigenvalue weighted by Gasteiger charge is -2.47. The van der Waals surface area contributed by atoms with Crippen molar-refractivity contribution in [1.82, 2.24) is 14.9 Å². The van der Waals surface area contributed by atoms with E-state index in [-0.39, 0.29) is 29.1 Å². The highest BCUT2D eigenvalue weighted by molar-refractivity contribution is 5.94. The van der Waals surface area contributed by atoms with Crippen LogP contribution >= 0.6 is 0 Å². The molecule has 0 saturated carbocycles. The molecule has 0 bridgehead atoms. The van der Waals surface area contributed by atoms with Gasteiger partial charge in [-0.05, 0) is 65.4 Å². The van der Waals surface area contributed by atoms with Gasteiger partial charge in [0.1, 0.15) is 5.65 Å². The van der Waals surface area contributed by atoms with E-state index in [1.165, 1.54) is 13.3 Å². The van der Waals surface area contributed by atoms with Crippen LogP contribution in [-0.2, 0) is 10.2 Å². The molecule has 3 unspecified atom stereocenters. The maximum atomic E-state index is 15.1. The standard InChI is InChI=1S/C24H33FN4O2/c1-14-8-15(2)29(16(9-14)10-23(3,4)13-26)22(30)24(5,6)17-11-27-21-19(17)20(25)18(31-7)12-28-21/h11-12,14-16H,8-10H2,1-7H3,(H,27,28). The first-order valence-electron chi connectivity index (χ1n) is 10.9. The van der Waals surface area contributed by atoms with Crippen LogP contribution in [0.5, 0.6) is 5.75 Å². The maximum absolute atomic E-state index is 15.1. The lowest BCUT2D eigenvalue weighted by molar-refractivity contribution is -0.144. The summed E-state index contributed by atoms with van der Waals surface area (Å²) >= 11 is 0. The number of pyridine rings is 1. The number of ether oxygens (including phenoxy) is 1. The smallest absolute Gasteiger partial charge is 0.233 e. The van der Waals surface area contributed by atoms with Gasteiger partial charge in [-0.15, -0.1) is 0 Å². The zero-order chi connectivity index (χ0) is 23.1. The van der Waals surface area contributed by atoms with Gasteiger partial charge in [0.15, 0.2) is 11.6 Å². The minimum atomic E-state index is -0.989. The third-order valence-electron chi connectivity index (χ3n) is 6.60. The number of carbonyl (C=O) groups is 1. The maximum Gasteiger partial charge on any atom is 0.233 e. The Bertz CT molecular complexity index is 1020. The summed E-state index contributed by atoms with van der Waals surface area (Å²) in [5.74, 6) is -0.0630. The van der Waals surface area contributed by atoms with Crippen LogP contribution in [0.15, 0.2) is 12.4 Å². The summed E-state index contributed by atoms with van der Waals surface area (Å²) in [5, 5.41) is 9.85. The van der Waals surface area contributed by atoms with Gasteiger partial charge in [0.25, 0.3) is 0 Å². The number of nitrogens with zero attached hydrogens (tertiary/aromatic N) is 3. The molecule has 1 N–H and O–H groups in total. The molecular weight excluding hydrogens is 395 g/mol. The zero-order valence-electron chi connectivity index (χ0n) is 19.5. The first kappa shape index (κ1) is 23.1. The van der Waals surface area contributed by atoms with E-state index in [1.54, 1.807) is 6.20 Å². The molecule has 1 amide bonds. The normalized spacial score (nSPS) is 22.4. The molecule has 1 saturated heterocycles. The number of hydrogen-bond donors (Lipinski definition) is 1. The summed E-state index contributed by atoms with van der Waals surface area (Å²) in [6, 6.07) is 2.37. The summed E-state index contributed by atoms with van der Waals surface area (Å²) in [7, 11) is 1.40. The number of rotatable bonds is 5. The van der Waals surface area contributed by atoms with Crippen LogP contribution in [0.1, 0.15) is 66.4 Å². The van der Waals surface area contributed by atoms with Gasteiger partial charge in [0.2, 0.25) is 5.91 Å². The first-order valence-corrected chi connectivity index (χ1v) is 10.9. The molecule has 1 aliphatic heterocycles. The molecule has 31 heavy (non-hydrogen) atoms. The molecule has 1 aliphatic rings. The molecule has 3 atom stereocenters. The van der Waals surface area contributed by atoms with E-state index in [4.69, 9.17) is 4.74 Å². The summed E-state index contributed by atoms with van der Waals surface area (Å²) in [4.78, 5) is 23.2. The molecule has 0 aliphatic carbocycles. The van der Waals surface area contributed by atoms with Crippen LogP contribution in [0, 0.1) is 28.5 Å². The predicted molar refractivity (Wildman–Crippen MR) is 118 cm³/mol. The Morgan fingerprint density at radius 2 is 2.03 bits per heavy atom. The molecule has 0 aromatic carbocycles. The van der Waals surface area contributed by atoms with E-state index in [1.807, 2.05) is 32.6 Å². The number of H-pyrrole nitrogens is 1. The fourth-order valence-electron chi connectivity index (χ4n) is 5.03. The summed E-state index contributed by atoms with van der Waals surface area (Å²) in [6.07, 6.45) is 5.37. The molecule has 6 nitrogen and oxygen atoms in total. The van der Waals surface area contributed by atoms with E-state index in [9.17, 15) is 10.1 Å². The molecule has 7 heteroatoms. The van der Waals surface area contributed by atoms with Gasteiger partial charge < -0.3 is 14.6 Å². The number of hydrogen-bond acceptors (Lipinski definition) is 4. The number of piperidine rings is 1. The third-order valence-corrected chi connectivity index (χ3v) is 6.60. The first-order chi connectivity index (χ1) is 14.4. The van der Waals surface area contributed by atoms with Crippen molar-refractivity contribution in [3.05, 3.63) is 23.8 Å². The van der Waals surface area contributed by atoms with Gasteiger partial charge in [-0.25, -0.2) is 9.37 Å². The van der Waals surface area contributed by atoms with Crippen molar-refractivity contribution in [1.29, 1.82) is 5.26 Å². The zero-order valence-corrected chi connectivity index (χ0v) is 19.5. The number of nitriles is 1. The third kappa shape index (κ3) is 4.13. The van der Waals surface area contributed by atoms with Gasteiger partial charge in [0.05, 0.1) is 35.6 Å². The number of nitrogens with one attached hydrogen (secondary N) is 1. The topological polar surface area (TPSA) is 82.0 Å². The fourth-order valence-corrected chi connectivity index (χ4v) is 5.03. The Balaban J connectivity index is 2.05. The SMILES string of the molecule is COc1cnc2[nH]cc(C(C)(C)C(=O)N3C(C)CC(C)CC3CC(C)(C)C#N)c2c1F. The second-order valence-corrected chi connectivity index (χ2v) is 10.2. The van der Waals surface area contributed by atoms with Gasteiger partial charge in [-0.1, -0.05) is 6.92 Å². The predicted octanol–water partition coefficient (Wildman–Crippen LogP) is 4.94. The number of aromatic nitrogens is 2. The van der Waals surface area contributed by atoms with Crippen molar-refractivity contribution in [2.75, 3.05) is 7.11 Å². The highest BCUT2D eigenvalue weighted by Crippen LogP contribution is 2.40. The summed E-state index contributed by atoms with van der Waals surface area (Å²) in [6.45, 7) is 11.7. The number of amides is 1. The van der Waals surface area contributed by atoms with Gasteiger partial charge in [0, 0.05) is 18.3 Å². The molecular formula is C24H33FN4O2. The molecule has 3 rings (SSSR count). The average molecular weight is 429 g/mol. The highest BCUT2D eigenvalue weighted by atomic mass is 19.1. The molecule has 2 aromatic heterocycles. The van der Waals surface area contributed by atoms with Crippen molar-refractivity contribution < 1.29 is 13.9 Å². The summed E-state index contributed by atoms with van der Waals surface area (Å²) in [5.41, 5.74) is -0.581. The van der Waals surface area contributed by atoms with E-state index < -0.39 is 16.6 Å². The van der Waals surface area contributed by atoms with E-state index in [0.717, 1.165) is 12.8 Å². The Hall–Kier alpha value is -2.62. The van der Waals surface area contributed by atoms with Gasteiger partial charge in [-0.2, -0.15) is 5.26 Å². The fraction of sp³-hybridized carbons (Fsp3) is 0.625. The Morgan fingerprint density at radius 1 is 1.35 bits per heavy atom. The van der Waals surface area contributed by atoms with Crippen LogP contribution in [0.2, 0.25) is 0 Å². The van der Waals surface area contributed by atoms with Crippen molar-refractivity contribution in [2.24, 2.45) is 11.3 Å². The van der Waals surface area contributed by atoms with Crippen molar-refractivity contribution in [3.63, 3.8) is 0 Å². The van der Waals surface area contributed by atoms with Crippen LogP contribution in [0.3, 0.4) is 0 Å².